The maximum Gasteiger partial charge on any atom is 0.410 e. The van der Waals surface area contributed by atoms with Crippen LogP contribution in [0.25, 0.3) is 0 Å². The smallest absolute Gasteiger partial charge is 0.410 e. The lowest BCUT2D eigenvalue weighted by Crippen LogP contribution is -2.59. The van der Waals surface area contributed by atoms with Gasteiger partial charge in [-0.15, -0.1) is 0 Å². The molecule has 4 atom stereocenters. The zero-order chi connectivity index (χ0) is 40.5. The van der Waals surface area contributed by atoms with E-state index in [9.17, 15) is 38.9 Å². The van der Waals surface area contributed by atoms with Crippen LogP contribution in [-0.4, -0.2) is 113 Å². The summed E-state index contributed by atoms with van der Waals surface area (Å²) < 4.78 is 11.4. The van der Waals surface area contributed by atoms with Gasteiger partial charge in [0.1, 0.15) is 30.8 Å². The Kier molecular flexibility index (Phi) is 16.3. The minimum Gasteiger partial charge on any atom is -0.445 e. The first kappa shape index (κ1) is 42.4. The standard InChI is InChI=1S/C36H48N10O10/c37-30(47)20-40-31(48)26(14-7-17-39-35(38)43-46(53)54)41-32(49)28-15-8-18-44(28)34(51)27(23-55-21-24-10-3-1-4-11-24)42-33(50)29-16-9-19-45(29)36(52)56-22-25-12-5-2-6-13-25/h1-6,10-13,26-29H,7-9,14-23H2,(H2,37,47)(H,40,48)(H,41,49)(H,42,50)(H3,38,39,43)/t26-,27-,28-,29-/m0/s1. The number of nitro groups is 1. The normalized spacial score (nSPS) is 17.7. The van der Waals surface area contributed by atoms with Crippen LogP contribution in [0.2, 0.25) is 0 Å². The molecule has 2 aliphatic rings. The molecular weight excluding hydrogens is 732 g/mol. The van der Waals surface area contributed by atoms with Crippen molar-refractivity contribution in [2.24, 2.45) is 16.5 Å². The summed E-state index contributed by atoms with van der Waals surface area (Å²) in [7, 11) is 0. The van der Waals surface area contributed by atoms with Crippen molar-refractivity contribution in [2.45, 2.75) is 75.9 Å². The average Bonchev–Trinajstić information content (AvgIpc) is 3.88. The van der Waals surface area contributed by atoms with E-state index in [0.717, 1.165) is 11.1 Å². The number of likely N-dealkylation sites (tertiary alicyclic amines) is 2. The summed E-state index contributed by atoms with van der Waals surface area (Å²) in [4.78, 5) is 96.1. The van der Waals surface area contributed by atoms with E-state index in [1.807, 2.05) is 60.7 Å². The molecule has 2 aliphatic heterocycles. The van der Waals surface area contributed by atoms with E-state index < -0.39 is 77.3 Å². The van der Waals surface area contributed by atoms with Crippen molar-refractivity contribution in [3.63, 3.8) is 0 Å². The number of hydrazine groups is 1. The number of primary amides is 1. The predicted octanol–water partition coefficient (Wildman–Crippen LogP) is -0.557. The van der Waals surface area contributed by atoms with Crippen LogP contribution in [0, 0.1) is 10.1 Å². The molecule has 20 nitrogen and oxygen atoms in total. The fraction of sp³-hybridized carbons (Fsp3) is 0.472. The van der Waals surface area contributed by atoms with E-state index in [1.165, 1.54) is 9.80 Å². The molecule has 4 rings (SSSR count). The number of hydrogen-bond acceptors (Lipinski definition) is 11. The van der Waals surface area contributed by atoms with Crippen LogP contribution in [0.4, 0.5) is 4.79 Å². The van der Waals surface area contributed by atoms with Gasteiger partial charge in [-0.2, -0.15) is 0 Å². The molecule has 0 aliphatic carbocycles. The van der Waals surface area contributed by atoms with Crippen LogP contribution in [0.5, 0.6) is 0 Å². The molecule has 0 radical (unpaired) electrons. The van der Waals surface area contributed by atoms with Gasteiger partial charge >= 0.3 is 6.09 Å². The highest BCUT2D eigenvalue weighted by Gasteiger charge is 2.41. The molecule has 0 bridgehead atoms. The van der Waals surface area contributed by atoms with E-state index in [2.05, 4.69) is 20.9 Å². The maximum atomic E-state index is 14.2. The highest BCUT2D eigenvalue weighted by Crippen LogP contribution is 2.22. The number of rotatable bonds is 19. The van der Waals surface area contributed by atoms with Gasteiger partial charge in [0.25, 0.3) is 5.96 Å². The van der Waals surface area contributed by atoms with E-state index in [0.29, 0.717) is 19.3 Å². The number of nitrogens with zero attached hydrogens (tertiary/aromatic N) is 4. The molecule has 0 aromatic heterocycles. The highest BCUT2D eigenvalue weighted by atomic mass is 16.7. The molecule has 0 unspecified atom stereocenters. The molecule has 8 N–H and O–H groups in total. The van der Waals surface area contributed by atoms with Crippen LogP contribution in [0.15, 0.2) is 65.7 Å². The lowest BCUT2D eigenvalue weighted by Gasteiger charge is -2.31. The van der Waals surface area contributed by atoms with Crippen molar-refractivity contribution in [3.05, 3.63) is 81.9 Å². The number of carbonyl (C=O) groups excluding carboxylic acids is 6. The fourth-order valence-electron chi connectivity index (χ4n) is 6.33. The summed E-state index contributed by atoms with van der Waals surface area (Å²) in [6.45, 7) is -0.177. The summed E-state index contributed by atoms with van der Waals surface area (Å²) >= 11 is 0. The molecule has 2 aromatic rings. The van der Waals surface area contributed by atoms with Gasteiger partial charge in [0.15, 0.2) is 5.03 Å². The van der Waals surface area contributed by atoms with E-state index in [-0.39, 0.29) is 58.7 Å². The van der Waals surface area contributed by atoms with Crippen molar-refractivity contribution in [1.29, 1.82) is 0 Å². The Morgan fingerprint density at radius 3 is 2.02 bits per heavy atom. The Hall–Kier alpha value is -6.31. The maximum absolute atomic E-state index is 14.2. The van der Waals surface area contributed by atoms with Crippen molar-refractivity contribution in [3.8, 4) is 0 Å². The van der Waals surface area contributed by atoms with E-state index >= 15 is 0 Å². The van der Waals surface area contributed by atoms with Gasteiger partial charge in [0, 0.05) is 19.6 Å². The Labute approximate surface area is 322 Å². The molecule has 2 fully saturated rings. The highest BCUT2D eigenvalue weighted by molar-refractivity contribution is 5.96. The molecule has 2 heterocycles. The van der Waals surface area contributed by atoms with Gasteiger partial charge < -0.3 is 41.8 Å². The summed E-state index contributed by atoms with van der Waals surface area (Å²) in [6, 6.07) is 13.9. The third kappa shape index (κ3) is 13.2. The second-order valence-electron chi connectivity index (χ2n) is 13.2. The number of hydrogen-bond donors (Lipinski definition) is 6. The second-order valence-corrected chi connectivity index (χ2v) is 13.2. The SMILES string of the molecule is NC(=O)CNC(=O)[C@H](CCCN=C(N)N[N+](=O)[O-])NC(=O)[C@@H]1CCCN1C(=O)[C@H](COCc1ccccc1)NC(=O)[C@@H]1CCCN1C(=O)OCc1ccccc1. The quantitative estimate of drug-likeness (QED) is 0.0344. The summed E-state index contributed by atoms with van der Waals surface area (Å²) in [6.07, 6.45) is 1.04. The predicted molar refractivity (Wildman–Crippen MR) is 199 cm³/mol. The fourth-order valence-corrected chi connectivity index (χ4v) is 6.33. The van der Waals surface area contributed by atoms with Gasteiger partial charge in [0.05, 0.1) is 19.8 Å². The molecule has 2 aromatic carbocycles. The molecule has 302 valence electrons. The number of ether oxygens (including phenoxy) is 2. The Morgan fingerprint density at radius 1 is 0.839 bits per heavy atom. The topological polar surface area (TPSA) is 283 Å². The summed E-state index contributed by atoms with van der Waals surface area (Å²) in [5.41, 5.74) is 13.9. The van der Waals surface area contributed by atoms with Crippen LogP contribution in [0.1, 0.15) is 49.7 Å². The minimum atomic E-state index is -1.24. The van der Waals surface area contributed by atoms with Crippen molar-refractivity contribution < 1.29 is 43.3 Å². The van der Waals surface area contributed by atoms with E-state index in [4.69, 9.17) is 20.9 Å². The van der Waals surface area contributed by atoms with Crippen LogP contribution in [0.3, 0.4) is 0 Å². The second kappa shape index (κ2) is 21.5. The number of aliphatic imine (C=N–C) groups is 1. The monoisotopic (exact) mass is 780 g/mol. The van der Waals surface area contributed by atoms with Crippen LogP contribution in [-0.2, 0) is 46.7 Å². The van der Waals surface area contributed by atoms with Gasteiger partial charge in [0.2, 0.25) is 29.5 Å². The number of amides is 6. The Bertz CT molecular complexity index is 1710. The Balaban J connectivity index is 1.45. The molecule has 6 amide bonds. The zero-order valence-corrected chi connectivity index (χ0v) is 30.8. The van der Waals surface area contributed by atoms with Crippen molar-refractivity contribution in [2.75, 3.05) is 32.8 Å². The zero-order valence-electron chi connectivity index (χ0n) is 30.8. The van der Waals surface area contributed by atoms with Crippen LogP contribution < -0.4 is 32.8 Å². The lowest BCUT2D eigenvalue weighted by molar-refractivity contribution is -0.525. The number of benzene rings is 2. The first-order chi connectivity index (χ1) is 26.9. The van der Waals surface area contributed by atoms with Crippen molar-refractivity contribution in [1.82, 2.24) is 31.2 Å². The van der Waals surface area contributed by atoms with Gasteiger partial charge in [-0.05, 0) is 49.7 Å². The van der Waals surface area contributed by atoms with Crippen molar-refractivity contribution >= 4 is 41.6 Å². The molecule has 0 spiro atoms. The van der Waals surface area contributed by atoms with E-state index in [1.54, 1.807) is 5.43 Å². The number of guanidine groups is 1. The first-order valence-electron chi connectivity index (χ1n) is 18.2. The third-order valence-electron chi connectivity index (χ3n) is 9.05. The van der Waals surface area contributed by atoms with Crippen LogP contribution >= 0.6 is 0 Å². The lowest BCUT2D eigenvalue weighted by atomic mass is 10.1. The minimum absolute atomic E-state index is 0.00999. The number of carbonyl (C=O) groups is 6. The first-order valence-corrected chi connectivity index (χ1v) is 18.2. The average molecular weight is 781 g/mol. The molecular formula is C36H48N10O10. The summed E-state index contributed by atoms with van der Waals surface area (Å²) in [5, 5.41) is 17.4. The number of nitrogens with one attached hydrogen (secondary N) is 4. The Morgan fingerprint density at radius 2 is 1.41 bits per heavy atom. The molecule has 20 heteroatoms. The largest absolute Gasteiger partial charge is 0.445 e. The molecule has 0 saturated carbocycles. The third-order valence-corrected chi connectivity index (χ3v) is 9.05. The number of nitrogens with two attached hydrogens (primary N) is 2. The molecule has 56 heavy (non-hydrogen) atoms. The van der Waals surface area contributed by atoms with Gasteiger partial charge in [-0.1, -0.05) is 66.1 Å². The van der Waals surface area contributed by atoms with Gasteiger partial charge in [-0.25, -0.2) is 19.9 Å². The summed E-state index contributed by atoms with van der Waals surface area (Å²) in [5.74, 6) is -3.83. The van der Waals surface area contributed by atoms with Gasteiger partial charge in [-0.3, -0.25) is 28.9 Å². The molecule has 2 saturated heterocycles.